The number of amides is 1. The predicted molar refractivity (Wildman–Crippen MR) is 97.2 cm³/mol. The molecule has 2 aromatic rings. The van der Waals surface area contributed by atoms with E-state index in [2.05, 4.69) is 5.10 Å². The minimum atomic E-state index is -0.371. The van der Waals surface area contributed by atoms with E-state index in [-0.39, 0.29) is 49.0 Å². The molecule has 1 aromatic heterocycles. The fourth-order valence-corrected chi connectivity index (χ4v) is 2.70. The molecule has 0 fully saturated rings. The highest BCUT2D eigenvalue weighted by molar-refractivity contribution is 6.04. The van der Waals surface area contributed by atoms with E-state index in [1.807, 2.05) is 26.0 Å². The summed E-state index contributed by atoms with van der Waals surface area (Å²) in [5, 5.41) is 22.9. The van der Waals surface area contributed by atoms with Crippen molar-refractivity contribution in [3.8, 4) is 12.1 Å². The highest BCUT2D eigenvalue weighted by atomic mass is 16.2. The van der Waals surface area contributed by atoms with Crippen molar-refractivity contribution >= 4 is 16.7 Å². The number of hydrogen-bond donors (Lipinski definition) is 0. The zero-order chi connectivity index (χ0) is 19.1. The molecule has 0 radical (unpaired) electrons. The fraction of sp³-hybridized carbons (Fsp3) is 0.421. The maximum Gasteiger partial charge on any atom is 0.275 e. The zero-order valence-electron chi connectivity index (χ0n) is 15.0. The van der Waals surface area contributed by atoms with Gasteiger partial charge < -0.3 is 4.90 Å². The van der Waals surface area contributed by atoms with Gasteiger partial charge in [-0.3, -0.25) is 9.59 Å². The van der Waals surface area contributed by atoms with Crippen LogP contribution in [-0.2, 0) is 6.54 Å². The first-order chi connectivity index (χ1) is 12.5. The standard InChI is InChI=1S/C19H21N5O2/c1-14(2)13-24-18(25)16-8-4-3-7-15(16)17(22-24)19(26)23(11-5-9-20)12-6-10-21/h3-4,7-8,14H,5-6,11-13H2,1-2H3. The number of fused-ring (bicyclic) bond motifs is 1. The van der Waals surface area contributed by atoms with Crippen LogP contribution < -0.4 is 5.56 Å². The van der Waals surface area contributed by atoms with Crippen LogP contribution in [0.15, 0.2) is 29.1 Å². The quantitative estimate of drug-likeness (QED) is 0.761. The van der Waals surface area contributed by atoms with Gasteiger partial charge in [0, 0.05) is 25.0 Å². The normalized spacial score (nSPS) is 10.5. The van der Waals surface area contributed by atoms with Crippen LogP contribution in [0.25, 0.3) is 10.8 Å². The molecule has 0 aliphatic heterocycles. The van der Waals surface area contributed by atoms with Crippen LogP contribution in [-0.4, -0.2) is 33.7 Å². The molecule has 1 aromatic carbocycles. The predicted octanol–water partition coefficient (Wildman–Crippen LogP) is 2.32. The summed E-state index contributed by atoms with van der Waals surface area (Å²) in [7, 11) is 0. The lowest BCUT2D eigenvalue weighted by molar-refractivity contribution is 0.0755. The highest BCUT2D eigenvalue weighted by Gasteiger charge is 2.22. The van der Waals surface area contributed by atoms with Gasteiger partial charge in [0.2, 0.25) is 0 Å². The Morgan fingerprint density at radius 1 is 1.15 bits per heavy atom. The van der Waals surface area contributed by atoms with Crippen LogP contribution >= 0.6 is 0 Å². The number of nitriles is 2. The van der Waals surface area contributed by atoms with Gasteiger partial charge in [0.05, 0.1) is 30.4 Å². The molecule has 0 aliphatic carbocycles. The smallest absolute Gasteiger partial charge is 0.275 e. The summed E-state index contributed by atoms with van der Waals surface area (Å²) in [6, 6.07) is 10.9. The van der Waals surface area contributed by atoms with Crippen LogP contribution in [0, 0.1) is 28.6 Å². The van der Waals surface area contributed by atoms with E-state index in [9.17, 15) is 9.59 Å². The molecule has 7 heteroatoms. The minimum absolute atomic E-state index is 0.167. The lowest BCUT2D eigenvalue weighted by Gasteiger charge is -2.21. The number of carbonyl (C=O) groups is 1. The molecule has 1 amide bonds. The average Bonchev–Trinajstić information content (AvgIpc) is 2.63. The first kappa shape index (κ1) is 19.1. The fourth-order valence-electron chi connectivity index (χ4n) is 2.70. The Hall–Kier alpha value is -3.19. The number of rotatable bonds is 7. The molecular formula is C19H21N5O2. The largest absolute Gasteiger partial charge is 0.335 e. The molecule has 0 atom stereocenters. The Morgan fingerprint density at radius 3 is 2.27 bits per heavy atom. The van der Waals surface area contributed by atoms with E-state index in [0.29, 0.717) is 17.3 Å². The molecule has 0 aliphatic rings. The first-order valence-electron chi connectivity index (χ1n) is 8.52. The second-order valence-corrected chi connectivity index (χ2v) is 6.38. The van der Waals surface area contributed by atoms with Crippen LogP contribution in [0.2, 0.25) is 0 Å². The maximum atomic E-state index is 13.0. The van der Waals surface area contributed by atoms with E-state index in [4.69, 9.17) is 10.5 Å². The summed E-state index contributed by atoms with van der Waals surface area (Å²) >= 11 is 0. The molecule has 1 heterocycles. The van der Waals surface area contributed by atoms with Crippen molar-refractivity contribution in [2.45, 2.75) is 33.2 Å². The molecule has 0 spiro atoms. The Labute approximate surface area is 152 Å². The van der Waals surface area contributed by atoms with E-state index in [1.165, 1.54) is 9.58 Å². The average molecular weight is 351 g/mol. The van der Waals surface area contributed by atoms with Gasteiger partial charge in [0.15, 0.2) is 5.69 Å². The van der Waals surface area contributed by atoms with Gasteiger partial charge in [0.25, 0.3) is 11.5 Å². The molecule has 0 saturated heterocycles. The molecule has 26 heavy (non-hydrogen) atoms. The summed E-state index contributed by atoms with van der Waals surface area (Å²) < 4.78 is 1.33. The minimum Gasteiger partial charge on any atom is -0.335 e. The van der Waals surface area contributed by atoms with E-state index >= 15 is 0 Å². The van der Waals surface area contributed by atoms with E-state index < -0.39 is 0 Å². The summed E-state index contributed by atoms with van der Waals surface area (Å²) in [5.74, 6) is -0.179. The van der Waals surface area contributed by atoms with Crippen molar-refractivity contribution in [3.05, 3.63) is 40.3 Å². The number of benzene rings is 1. The second kappa shape index (κ2) is 8.77. The van der Waals surface area contributed by atoms with Crippen molar-refractivity contribution in [1.82, 2.24) is 14.7 Å². The molecule has 7 nitrogen and oxygen atoms in total. The number of hydrogen-bond acceptors (Lipinski definition) is 5. The Bertz CT molecular complexity index is 916. The van der Waals surface area contributed by atoms with Crippen molar-refractivity contribution in [2.24, 2.45) is 5.92 Å². The van der Waals surface area contributed by atoms with Gasteiger partial charge in [-0.1, -0.05) is 32.0 Å². The third-order valence-electron chi connectivity index (χ3n) is 3.88. The number of carbonyl (C=O) groups excluding carboxylic acids is 1. The van der Waals surface area contributed by atoms with Gasteiger partial charge in [-0.05, 0) is 12.0 Å². The van der Waals surface area contributed by atoms with Gasteiger partial charge in [0.1, 0.15) is 0 Å². The highest BCUT2D eigenvalue weighted by Crippen LogP contribution is 2.16. The Morgan fingerprint density at radius 2 is 1.73 bits per heavy atom. The summed E-state index contributed by atoms with van der Waals surface area (Å²) in [4.78, 5) is 27.1. The first-order valence-corrected chi connectivity index (χ1v) is 8.52. The Kier molecular flexibility index (Phi) is 6.46. The summed E-state index contributed by atoms with van der Waals surface area (Å²) in [5.41, 5.74) is -0.0526. The van der Waals surface area contributed by atoms with Crippen LogP contribution in [0.5, 0.6) is 0 Å². The molecular weight excluding hydrogens is 330 g/mol. The summed E-state index contributed by atoms with van der Waals surface area (Å²) in [6.45, 7) is 4.78. The molecule has 0 unspecified atom stereocenters. The lowest BCUT2D eigenvalue weighted by Crippen LogP contribution is -2.36. The maximum absolute atomic E-state index is 13.0. The van der Waals surface area contributed by atoms with Crippen LogP contribution in [0.1, 0.15) is 37.2 Å². The molecule has 0 bridgehead atoms. The second-order valence-electron chi connectivity index (χ2n) is 6.38. The van der Waals surface area contributed by atoms with Gasteiger partial charge >= 0.3 is 0 Å². The van der Waals surface area contributed by atoms with E-state index in [0.717, 1.165) is 0 Å². The van der Waals surface area contributed by atoms with Gasteiger partial charge in [-0.25, -0.2) is 4.68 Å². The van der Waals surface area contributed by atoms with Gasteiger partial charge in [-0.15, -0.1) is 0 Å². The molecule has 0 N–H and O–H groups in total. The van der Waals surface area contributed by atoms with Crippen LogP contribution in [0.3, 0.4) is 0 Å². The Balaban J connectivity index is 2.57. The third kappa shape index (κ3) is 4.25. The molecule has 134 valence electrons. The monoisotopic (exact) mass is 351 g/mol. The van der Waals surface area contributed by atoms with Crippen molar-refractivity contribution < 1.29 is 4.79 Å². The number of aromatic nitrogens is 2. The van der Waals surface area contributed by atoms with Crippen molar-refractivity contribution in [3.63, 3.8) is 0 Å². The zero-order valence-corrected chi connectivity index (χ0v) is 15.0. The SMILES string of the molecule is CC(C)Cn1nc(C(=O)N(CCC#N)CCC#N)c2ccccc2c1=O. The van der Waals surface area contributed by atoms with Crippen molar-refractivity contribution in [2.75, 3.05) is 13.1 Å². The number of nitrogens with zero attached hydrogens (tertiary/aromatic N) is 5. The van der Waals surface area contributed by atoms with Gasteiger partial charge in [-0.2, -0.15) is 15.6 Å². The third-order valence-corrected chi connectivity index (χ3v) is 3.88. The van der Waals surface area contributed by atoms with Crippen molar-refractivity contribution in [1.29, 1.82) is 10.5 Å². The lowest BCUT2D eigenvalue weighted by atomic mass is 10.1. The molecule has 2 rings (SSSR count). The van der Waals surface area contributed by atoms with E-state index in [1.54, 1.807) is 24.3 Å². The summed E-state index contributed by atoms with van der Waals surface area (Å²) in [6.07, 6.45) is 0.335. The molecule has 0 saturated carbocycles. The van der Waals surface area contributed by atoms with Crippen LogP contribution in [0.4, 0.5) is 0 Å². The topological polar surface area (TPSA) is 103 Å².